The number of hydrogen-bond acceptors (Lipinski definition) is 4. The van der Waals surface area contributed by atoms with E-state index in [0.717, 1.165) is 38.6 Å². The van der Waals surface area contributed by atoms with E-state index >= 15 is 0 Å². The summed E-state index contributed by atoms with van der Waals surface area (Å²) in [6, 6.07) is 0. The number of carbonyl (C=O) groups excluding carboxylic acids is 1. The van der Waals surface area contributed by atoms with Gasteiger partial charge < -0.3 is 25.0 Å². The van der Waals surface area contributed by atoms with Crippen molar-refractivity contribution in [2.75, 3.05) is 53.1 Å². The lowest BCUT2D eigenvalue weighted by atomic mass is 10.1. The Hall–Kier alpha value is -0.610. The number of nitrogens with zero attached hydrogens (tertiary/aromatic N) is 2. The van der Waals surface area contributed by atoms with Crippen LogP contribution < -0.4 is 10.6 Å². The molecule has 2 N–H and O–H groups in total. The molecule has 0 aromatic rings. The first-order valence-electron chi connectivity index (χ1n) is 8.76. The summed E-state index contributed by atoms with van der Waals surface area (Å²) in [7, 11) is 1.68. The Morgan fingerprint density at radius 1 is 1.32 bits per heavy atom. The molecular weight excluding hydrogens is 435 g/mol. The van der Waals surface area contributed by atoms with Crippen LogP contribution in [-0.2, 0) is 14.3 Å². The minimum atomic E-state index is -0.233. The lowest BCUT2D eigenvalue weighted by molar-refractivity contribution is -0.121. The molecule has 0 radical (unpaired) electrons. The molecule has 0 saturated carbocycles. The largest absolute Gasteiger partial charge is 0.382 e. The Balaban J connectivity index is 0.00000576. The van der Waals surface area contributed by atoms with Gasteiger partial charge in [-0.2, -0.15) is 0 Å². The van der Waals surface area contributed by atoms with Crippen molar-refractivity contribution in [3.63, 3.8) is 0 Å². The summed E-state index contributed by atoms with van der Waals surface area (Å²) < 4.78 is 10.6. The molecule has 0 bridgehead atoms. The van der Waals surface area contributed by atoms with Crippen LogP contribution in [0.15, 0.2) is 4.99 Å². The van der Waals surface area contributed by atoms with E-state index in [2.05, 4.69) is 20.5 Å². The fourth-order valence-corrected chi connectivity index (χ4v) is 2.58. The molecular formula is C17H35IN4O3. The Kier molecular flexibility index (Phi) is 12.4. The van der Waals surface area contributed by atoms with Crippen LogP contribution in [0.25, 0.3) is 0 Å². The highest BCUT2D eigenvalue weighted by Crippen LogP contribution is 2.16. The molecule has 148 valence electrons. The van der Waals surface area contributed by atoms with E-state index in [9.17, 15) is 4.79 Å². The molecule has 0 spiro atoms. The molecule has 7 nitrogen and oxygen atoms in total. The molecule has 0 aromatic heterocycles. The lowest BCUT2D eigenvalue weighted by Gasteiger charge is -2.23. The minimum Gasteiger partial charge on any atom is -0.382 e. The van der Waals surface area contributed by atoms with Crippen molar-refractivity contribution in [1.82, 2.24) is 15.5 Å². The van der Waals surface area contributed by atoms with Gasteiger partial charge in [0.2, 0.25) is 5.91 Å². The third-order valence-corrected chi connectivity index (χ3v) is 3.59. The van der Waals surface area contributed by atoms with E-state index in [1.807, 2.05) is 27.7 Å². The summed E-state index contributed by atoms with van der Waals surface area (Å²) in [5.74, 6) is 1.24. The SMILES string of the molecule is CCNC(=NCC(=O)NC(C)(C)C)N1CCC(COCCOC)C1.I. The molecule has 25 heavy (non-hydrogen) atoms. The van der Waals surface area contributed by atoms with E-state index in [1.54, 1.807) is 7.11 Å². The van der Waals surface area contributed by atoms with Crippen LogP contribution in [-0.4, -0.2) is 75.4 Å². The minimum absolute atomic E-state index is 0. The number of carbonyl (C=O) groups is 1. The van der Waals surface area contributed by atoms with Crippen molar-refractivity contribution in [2.45, 2.75) is 39.7 Å². The third-order valence-electron chi connectivity index (χ3n) is 3.59. The van der Waals surface area contributed by atoms with Crippen LogP contribution >= 0.6 is 24.0 Å². The first kappa shape index (κ1) is 24.4. The number of ether oxygens (including phenoxy) is 2. The number of hydrogen-bond donors (Lipinski definition) is 2. The van der Waals surface area contributed by atoms with Crippen LogP contribution in [0, 0.1) is 5.92 Å². The van der Waals surface area contributed by atoms with Crippen LogP contribution in [0.4, 0.5) is 0 Å². The molecule has 1 saturated heterocycles. The van der Waals surface area contributed by atoms with Crippen molar-refractivity contribution in [2.24, 2.45) is 10.9 Å². The standard InChI is InChI=1S/C17H34N4O3.HI/c1-6-18-16(19-11-15(22)20-17(2,3)4)21-8-7-14(12-21)13-24-10-9-23-5;/h14H,6-13H2,1-5H3,(H,18,19)(H,20,22);1H. The summed E-state index contributed by atoms with van der Waals surface area (Å²) >= 11 is 0. The second kappa shape index (κ2) is 12.7. The van der Waals surface area contributed by atoms with Crippen LogP contribution in [0.3, 0.4) is 0 Å². The summed E-state index contributed by atoms with van der Waals surface area (Å²) in [6.45, 7) is 12.7. The van der Waals surface area contributed by atoms with Gasteiger partial charge in [0.05, 0.1) is 19.8 Å². The zero-order valence-electron chi connectivity index (χ0n) is 16.3. The van der Waals surface area contributed by atoms with Gasteiger partial charge >= 0.3 is 0 Å². The smallest absolute Gasteiger partial charge is 0.242 e. The van der Waals surface area contributed by atoms with Crippen molar-refractivity contribution >= 4 is 35.8 Å². The van der Waals surface area contributed by atoms with Gasteiger partial charge in [0.15, 0.2) is 5.96 Å². The van der Waals surface area contributed by atoms with E-state index < -0.39 is 0 Å². The highest BCUT2D eigenvalue weighted by atomic mass is 127. The predicted octanol–water partition coefficient (Wildman–Crippen LogP) is 1.47. The summed E-state index contributed by atoms with van der Waals surface area (Å²) in [5.41, 5.74) is -0.233. The average molecular weight is 470 g/mol. The molecule has 1 aliphatic rings. The van der Waals surface area contributed by atoms with Crippen molar-refractivity contribution < 1.29 is 14.3 Å². The average Bonchev–Trinajstić information content (AvgIpc) is 2.95. The highest BCUT2D eigenvalue weighted by Gasteiger charge is 2.25. The van der Waals surface area contributed by atoms with Crippen LogP contribution in [0.1, 0.15) is 34.1 Å². The first-order chi connectivity index (χ1) is 11.4. The Morgan fingerprint density at radius 2 is 2.04 bits per heavy atom. The zero-order valence-corrected chi connectivity index (χ0v) is 18.6. The monoisotopic (exact) mass is 470 g/mol. The molecule has 8 heteroatoms. The molecule has 0 aromatic carbocycles. The zero-order chi connectivity index (χ0) is 18.0. The topological polar surface area (TPSA) is 75.2 Å². The highest BCUT2D eigenvalue weighted by molar-refractivity contribution is 14.0. The third kappa shape index (κ3) is 10.9. The fourth-order valence-electron chi connectivity index (χ4n) is 2.58. The van der Waals surface area contributed by atoms with Gasteiger partial charge in [-0.15, -0.1) is 24.0 Å². The van der Waals surface area contributed by atoms with E-state index in [4.69, 9.17) is 9.47 Å². The number of rotatable bonds is 8. The Morgan fingerprint density at radius 3 is 2.64 bits per heavy atom. The van der Waals surface area contributed by atoms with Crippen molar-refractivity contribution in [3.8, 4) is 0 Å². The molecule has 1 atom stereocenters. The van der Waals surface area contributed by atoms with Gasteiger partial charge in [-0.25, -0.2) is 4.99 Å². The second-order valence-electron chi connectivity index (χ2n) is 7.14. The van der Waals surface area contributed by atoms with E-state index in [1.165, 1.54) is 0 Å². The molecule has 1 amide bonds. The molecule has 1 rings (SSSR count). The van der Waals surface area contributed by atoms with E-state index in [-0.39, 0.29) is 42.0 Å². The quantitative estimate of drug-likeness (QED) is 0.243. The van der Waals surface area contributed by atoms with Gasteiger partial charge in [-0.05, 0) is 34.1 Å². The molecule has 1 heterocycles. The van der Waals surface area contributed by atoms with Gasteiger partial charge in [-0.3, -0.25) is 4.79 Å². The van der Waals surface area contributed by atoms with Crippen LogP contribution in [0.2, 0.25) is 0 Å². The molecule has 1 unspecified atom stereocenters. The number of guanidine groups is 1. The van der Waals surface area contributed by atoms with Gasteiger partial charge in [-0.1, -0.05) is 0 Å². The van der Waals surface area contributed by atoms with Gasteiger partial charge in [0, 0.05) is 38.2 Å². The number of methoxy groups -OCH3 is 1. The van der Waals surface area contributed by atoms with Crippen molar-refractivity contribution in [1.29, 1.82) is 0 Å². The molecule has 0 aliphatic carbocycles. The number of aliphatic imine (C=N–C) groups is 1. The predicted molar refractivity (Wildman–Crippen MR) is 112 cm³/mol. The van der Waals surface area contributed by atoms with Crippen LogP contribution in [0.5, 0.6) is 0 Å². The fraction of sp³-hybridized carbons (Fsp3) is 0.882. The number of likely N-dealkylation sites (tertiary alicyclic amines) is 1. The maximum absolute atomic E-state index is 12.0. The number of nitrogens with one attached hydrogen (secondary N) is 2. The molecule has 1 aliphatic heterocycles. The van der Waals surface area contributed by atoms with Gasteiger partial charge in [0.25, 0.3) is 0 Å². The summed E-state index contributed by atoms with van der Waals surface area (Å²) in [5, 5.41) is 6.21. The number of halogens is 1. The summed E-state index contributed by atoms with van der Waals surface area (Å²) in [6.07, 6.45) is 1.07. The maximum Gasteiger partial charge on any atom is 0.242 e. The molecule has 1 fully saturated rings. The summed E-state index contributed by atoms with van der Waals surface area (Å²) in [4.78, 5) is 18.6. The Labute approximate surface area is 169 Å². The second-order valence-corrected chi connectivity index (χ2v) is 7.14. The Bertz CT molecular complexity index is 413. The van der Waals surface area contributed by atoms with Crippen molar-refractivity contribution in [3.05, 3.63) is 0 Å². The maximum atomic E-state index is 12.0. The number of amides is 1. The lowest BCUT2D eigenvalue weighted by Crippen LogP contribution is -2.44. The van der Waals surface area contributed by atoms with E-state index in [0.29, 0.717) is 19.1 Å². The van der Waals surface area contributed by atoms with Gasteiger partial charge in [0.1, 0.15) is 6.54 Å². The normalized spacial score (nSPS) is 18.0. The first-order valence-corrected chi connectivity index (χ1v) is 8.76.